The monoisotopic (exact) mass is 395 g/mol. The maximum atomic E-state index is 13.0. The summed E-state index contributed by atoms with van der Waals surface area (Å²) >= 11 is 0. The van der Waals surface area contributed by atoms with Gasteiger partial charge in [-0.25, -0.2) is 4.39 Å². The number of anilines is 1. The van der Waals surface area contributed by atoms with E-state index in [1.807, 2.05) is 4.90 Å². The SMILES string of the molecule is Cc1ccc(N2CCN(C(=O)[C@H]3CC(Cc4ccc(F)cc4)=NO3)CC2)c(C)c1. The van der Waals surface area contributed by atoms with Crippen LogP contribution in [0.1, 0.15) is 23.1 Å². The first kappa shape index (κ1) is 19.4. The highest BCUT2D eigenvalue weighted by Gasteiger charge is 2.33. The number of piperazine rings is 1. The standard InChI is InChI=1S/C23H26FN3O2/c1-16-3-8-21(17(2)13-16)26-9-11-27(12-10-26)23(28)22-15-20(25-29-22)14-18-4-6-19(24)7-5-18/h3-8,13,22H,9-12,14-15H2,1-2H3/t22-/m1/s1. The predicted molar refractivity (Wildman–Crippen MR) is 112 cm³/mol. The fourth-order valence-corrected chi connectivity index (χ4v) is 4.03. The molecule has 5 nitrogen and oxygen atoms in total. The van der Waals surface area contributed by atoms with Crippen LogP contribution < -0.4 is 4.90 Å². The number of nitrogens with zero attached hydrogens (tertiary/aromatic N) is 3. The van der Waals surface area contributed by atoms with E-state index in [4.69, 9.17) is 4.84 Å². The molecule has 2 aromatic carbocycles. The van der Waals surface area contributed by atoms with E-state index in [2.05, 4.69) is 42.1 Å². The highest BCUT2D eigenvalue weighted by Crippen LogP contribution is 2.23. The lowest BCUT2D eigenvalue weighted by atomic mass is 10.0. The largest absolute Gasteiger partial charge is 0.382 e. The van der Waals surface area contributed by atoms with Crippen LogP contribution in [-0.2, 0) is 16.1 Å². The number of oxime groups is 1. The van der Waals surface area contributed by atoms with Gasteiger partial charge in [-0.1, -0.05) is 35.0 Å². The van der Waals surface area contributed by atoms with Gasteiger partial charge in [-0.2, -0.15) is 0 Å². The quantitative estimate of drug-likeness (QED) is 0.796. The van der Waals surface area contributed by atoms with Gasteiger partial charge in [-0.15, -0.1) is 0 Å². The Morgan fingerprint density at radius 3 is 2.52 bits per heavy atom. The van der Waals surface area contributed by atoms with Gasteiger partial charge in [-0.05, 0) is 43.2 Å². The van der Waals surface area contributed by atoms with Crippen LogP contribution >= 0.6 is 0 Å². The molecule has 0 N–H and O–H groups in total. The molecule has 2 aliphatic heterocycles. The Bertz CT molecular complexity index is 918. The molecule has 0 radical (unpaired) electrons. The number of aryl methyl sites for hydroxylation is 2. The van der Waals surface area contributed by atoms with Gasteiger partial charge in [0.2, 0.25) is 6.10 Å². The van der Waals surface area contributed by atoms with Crippen molar-refractivity contribution in [3.63, 3.8) is 0 Å². The van der Waals surface area contributed by atoms with Crippen LogP contribution in [0.25, 0.3) is 0 Å². The molecular weight excluding hydrogens is 369 g/mol. The van der Waals surface area contributed by atoms with Crippen molar-refractivity contribution in [3.8, 4) is 0 Å². The van der Waals surface area contributed by atoms with Crippen molar-refractivity contribution in [2.24, 2.45) is 5.16 Å². The summed E-state index contributed by atoms with van der Waals surface area (Å²) in [5.41, 5.74) is 5.55. The second kappa shape index (κ2) is 8.23. The van der Waals surface area contributed by atoms with E-state index in [9.17, 15) is 9.18 Å². The fourth-order valence-electron chi connectivity index (χ4n) is 4.03. The predicted octanol–water partition coefficient (Wildman–Crippen LogP) is 3.48. The first-order valence-electron chi connectivity index (χ1n) is 10.1. The summed E-state index contributed by atoms with van der Waals surface area (Å²) in [5.74, 6) is -0.255. The summed E-state index contributed by atoms with van der Waals surface area (Å²) in [5, 5.41) is 4.10. The lowest BCUT2D eigenvalue weighted by molar-refractivity contribution is -0.142. The molecule has 0 bridgehead atoms. The van der Waals surface area contributed by atoms with E-state index in [1.165, 1.54) is 28.9 Å². The van der Waals surface area contributed by atoms with E-state index in [-0.39, 0.29) is 11.7 Å². The van der Waals surface area contributed by atoms with Crippen molar-refractivity contribution < 1.29 is 14.0 Å². The second-order valence-corrected chi connectivity index (χ2v) is 7.86. The van der Waals surface area contributed by atoms with Gasteiger partial charge in [0.1, 0.15) is 5.82 Å². The zero-order valence-electron chi connectivity index (χ0n) is 16.9. The normalized spacial score (nSPS) is 19.1. The zero-order chi connectivity index (χ0) is 20.4. The summed E-state index contributed by atoms with van der Waals surface area (Å²) < 4.78 is 13.0. The van der Waals surface area contributed by atoms with E-state index in [1.54, 1.807) is 12.1 Å². The molecule has 1 amide bonds. The lowest BCUT2D eigenvalue weighted by Gasteiger charge is -2.37. The Balaban J connectivity index is 1.29. The molecule has 4 rings (SSSR count). The number of halogens is 1. The third-order valence-electron chi connectivity index (χ3n) is 5.61. The van der Waals surface area contributed by atoms with Crippen LogP contribution in [0, 0.1) is 19.7 Å². The number of carbonyl (C=O) groups excluding carboxylic acids is 1. The van der Waals surface area contributed by atoms with Crippen molar-refractivity contribution in [1.29, 1.82) is 0 Å². The van der Waals surface area contributed by atoms with E-state index in [0.717, 1.165) is 24.4 Å². The van der Waals surface area contributed by atoms with E-state index >= 15 is 0 Å². The molecule has 152 valence electrons. The summed E-state index contributed by atoms with van der Waals surface area (Å²) in [4.78, 5) is 22.5. The molecule has 0 aromatic heterocycles. The Kier molecular flexibility index (Phi) is 5.51. The fraction of sp³-hybridized carbons (Fsp3) is 0.391. The first-order valence-corrected chi connectivity index (χ1v) is 10.1. The van der Waals surface area contributed by atoms with Gasteiger partial charge in [0.25, 0.3) is 5.91 Å². The van der Waals surface area contributed by atoms with Gasteiger partial charge in [0, 0.05) is 44.7 Å². The van der Waals surface area contributed by atoms with Crippen LogP contribution in [-0.4, -0.2) is 48.8 Å². The maximum absolute atomic E-state index is 13.0. The van der Waals surface area contributed by atoms with Gasteiger partial charge in [0.05, 0.1) is 5.71 Å². The number of amides is 1. The first-order chi connectivity index (χ1) is 14.0. The summed E-state index contributed by atoms with van der Waals surface area (Å²) in [6.07, 6.45) is 0.524. The molecule has 2 heterocycles. The molecule has 2 aromatic rings. The Hall–Kier alpha value is -2.89. The molecule has 0 saturated carbocycles. The Morgan fingerprint density at radius 1 is 1.10 bits per heavy atom. The minimum atomic E-state index is -0.543. The smallest absolute Gasteiger partial charge is 0.267 e. The molecule has 0 aliphatic carbocycles. The number of hydrogen-bond donors (Lipinski definition) is 0. The molecule has 1 atom stereocenters. The van der Waals surface area contributed by atoms with Crippen LogP contribution in [0.15, 0.2) is 47.6 Å². The van der Waals surface area contributed by atoms with Gasteiger partial charge in [0.15, 0.2) is 0 Å². The van der Waals surface area contributed by atoms with Crippen LogP contribution in [0.5, 0.6) is 0 Å². The van der Waals surface area contributed by atoms with Gasteiger partial charge in [-0.3, -0.25) is 4.79 Å². The molecule has 1 fully saturated rings. The number of hydrogen-bond acceptors (Lipinski definition) is 4. The van der Waals surface area contributed by atoms with Crippen LogP contribution in [0.4, 0.5) is 10.1 Å². The van der Waals surface area contributed by atoms with E-state index < -0.39 is 6.10 Å². The molecule has 0 spiro atoms. The van der Waals surface area contributed by atoms with Crippen molar-refractivity contribution in [1.82, 2.24) is 4.90 Å². The number of rotatable bonds is 4. The summed E-state index contributed by atoms with van der Waals surface area (Å²) in [6, 6.07) is 12.8. The Morgan fingerprint density at radius 2 is 1.83 bits per heavy atom. The van der Waals surface area contributed by atoms with Crippen molar-refractivity contribution in [2.75, 3.05) is 31.1 Å². The molecule has 0 unspecified atom stereocenters. The topological polar surface area (TPSA) is 45.1 Å². The van der Waals surface area contributed by atoms with Crippen molar-refractivity contribution in [2.45, 2.75) is 32.8 Å². The number of carbonyl (C=O) groups is 1. The molecule has 6 heteroatoms. The average molecular weight is 395 g/mol. The summed E-state index contributed by atoms with van der Waals surface area (Å²) in [6.45, 7) is 7.21. The highest BCUT2D eigenvalue weighted by molar-refractivity contribution is 5.94. The van der Waals surface area contributed by atoms with Crippen LogP contribution in [0.2, 0.25) is 0 Å². The number of benzene rings is 2. The van der Waals surface area contributed by atoms with E-state index in [0.29, 0.717) is 25.9 Å². The van der Waals surface area contributed by atoms with Gasteiger partial charge < -0.3 is 14.6 Å². The molecule has 1 saturated heterocycles. The molecule has 29 heavy (non-hydrogen) atoms. The zero-order valence-corrected chi connectivity index (χ0v) is 16.9. The third kappa shape index (κ3) is 4.42. The lowest BCUT2D eigenvalue weighted by Crippen LogP contribution is -2.51. The average Bonchev–Trinajstić information content (AvgIpc) is 3.18. The second-order valence-electron chi connectivity index (χ2n) is 7.86. The van der Waals surface area contributed by atoms with Crippen LogP contribution in [0.3, 0.4) is 0 Å². The summed E-state index contributed by atoms with van der Waals surface area (Å²) in [7, 11) is 0. The van der Waals surface area contributed by atoms with Crippen molar-refractivity contribution in [3.05, 3.63) is 65.0 Å². The Labute approximate surface area is 170 Å². The van der Waals surface area contributed by atoms with Crippen molar-refractivity contribution >= 4 is 17.3 Å². The minimum absolute atomic E-state index is 0.00290. The van der Waals surface area contributed by atoms with Gasteiger partial charge >= 0.3 is 0 Å². The molecular formula is C23H26FN3O2. The maximum Gasteiger partial charge on any atom is 0.267 e. The third-order valence-corrected chi connectivity index (χ3v) is 5.61. The minimum Gasteiger partial charge on any atom is -0.382 e. The molecule has 2 aliphatic rings. The highest BCUT2D eigenvalue weighted by atomic mass is 19.1.